The molecular weight excluding hydrogens is 513 g/mol. The minimum Gasteiger partial charge on any atom is -0.393 e. The second-order valence-corrected chi connectivity index (χ2v) is 9.59. The van der Waals surface area contributed by atoms with Gasteiger partial charge in [-0.3, -0.25) is 14.4 Å². The third-order valence-corrected chi connectivity index (χ3v) is 6.70. The van der Waals surface area contributed by atoms with Gasteiger partial charge in [0.1, 0.15) is 11.5 Å². The van der Waals surface area contributed by atoms with E-state index >= 15 is 0 Å². The fraction of sp³-hybridized carbons (Fsp3) is 0.333. The Bertz CT molecular complexity index is 1290. The molecule has 0 radical (unpaired) electrons. The molecule has 11 heteroatoms. The molecule has 1 aliphatic rings. The molecule has 0 unspecified atom stereocenters. The zero-order valence-corrected chi connectivity index (χ0v) is 21.4. The maximum absolute atomic E-state index is 13.2. The van der Waals surface area contributed by atoms with Gasteiger partial charge in [0, 0.05) is 37.3 Å². The number of H-pyrrole nitrogens is 1. The van der Waals surface area contributed by atoms with Crippen molar-refractivity contribution in [2.75, 3.05) is 31.5 Å². The van der Waals surface area contributed by atoms with Crippen LogP contribution in [0.25, 0.3) is 0 Å². The van der Waals surface area contributed by atoms with Gasteiger partial charge in [-0.25, -0.2) is 9.37 Å². The summed E-state index contributed by atoms with van der Waals surface area (Å²) in [5.74, 6) is -1.74. The summed E-state index contributed by atoms with van der Waals surface area (Å²) in [5.41, 5.74) is 1.43. The van der Waals surface area contributed by atoms with Gasteiger partial charge in [0.05, 0.1) is 17.5 Å². The largest absolute Gasteiger partial charge is 0.393 e. The first-order valence-corrected chi connectivity index (χ1v) is 12.8. The Morgan fingerprint density at radius 3 is 2.55 bits per heavy atom. The van der Waals surface area contributed by atoms with Crippen molar-refractivity contribution < 1.29 is 23.9 Å². The van der Waals surface area contributed by atoms with E-state index in [-0.39, 0.29) is 40.3 Å². The quantitative estimate of drug-likeness (QED) is 0.230. The average Bonchev–Trinajstić information content (AvgIpc) is 3.39. The van der Waals surface area contributed by atoms with Crippen LogP contribution in [0, 0.1) is 5.82 Å². The van der Waals surface area contributed by atoms with Gasteiger partial charge in [-0.05, 0) is 61.7 Å². The molecule has 1 aliphatic heterocycles. The van der Waals surface area contributed by atoms with Gasteiger partial charge in [-0.15, -0.1) is 0 Å². The number of anilines is 1. The number of amides is 2. The molecule has 200 valence electrons. The van der Waals surface area contributed by atoms with E-state index in [1.165, 1.54) is 18.5 Å². The van der Waals surface area contributed by atoms with Crippen LogP contribution in [0.2, 0.25) is 5.02 Å². The summed E-state index contributed by atoms with van der Waals surface area (Å²) in [5, 5.41) is 15.2. The smallest absolute Gasteiger partial charge is 0.276 e. The van der Waals surface area contributed by atoms with Crippen LogP contribution in [0.5, 0.6) is 0 Å². The first kappa shape index (κ1) is 27.4. The number of carbonyl (C=O) groups excluding carboxylic acids is 3. The lowest BCUT2D eigenvalue weighted by Gasteiger charge is -2.29. The lowest BCUT2D eigenvalue weighted by molar-refractivity contribution is 0.0815. The fourth-order valence-electron chi connectivity index (χ4n) is 4.27. The maximum atomic E-state index is 13.2. The van der Waals surface area contributed by atoms with Crippen molar-refractivity contribution in [1.82, 2.24) is 20.2 Å². The summed E-state index contributed by atoms with van der Waals surface area (Å²) in [6.07, 6.45) is 3.42. The van der Waals surface area contributed by atoms with Gasteiger partial charge < -0.3 is 25.6 Å². The minimum atomic E-state index is -0.551. The second-order valence-electron chi connectivity index (χ2n) is 9.18. The van der Waals surface area contributed by atoms with Gasteiger partial charge in [-0.1, -0.05) is 23.7 Å². The normalized spacial score (nSPS) is 14.3. The standard InChI is InChI=1S/C27H29ClFN5O4/c28-22-15-18(29)4-7-21(22)23(36)14-17-2-5-19(6-3-17)33-27(38)25-24(31-16-32-25)26(37)30-10-1-11-34-12-8-20(35)9-13-34/h2-7,15-16,20,35H,1,8-14H2,(H,30,37)(H,31,32)(H,33,38). The van der Waals surface area contributed by atoms with Gasteiger partial charge in [0.15, 0.2) is 11.5 Å². The zero-order chi connectivity index (χ0) is 27.1. The number of hydrogen-bond acceptors (Lipinski definition) is 6. The summed E-state index contributed by atoms with van der Waals surface area (Å²) >= 11 is 5.97. The number of hydrogen-bond donors (Lipinski definition) is 4. The van der Waals surface area contributed by atoms with Crippen LogP contribution in [0.4, 0.5) is 10.1 Å². The van der Waals surface area contributed by atoms with E-state index in [2.05, 4.69) is 25.5 Å². The Morgan fingerprint density at radius 1 is 1.11 bits per heavy atom. The van der Waals surface area contributed by atoms with Crippen molar-refractivity contribution in [3.63, 3.8) is 0 Å². The molecule has 4 N–H and O–H groups in total. The average molecular weight is 542 g/mol. The number of piperidine rings is 1. The Balaban J connectivity index is 1.27. The van der Waals surface area contributed by atoms with Gasteiger partial charge >= 0.3 is 0 Å². The molecule has 0 spiro atoms. The van der Waals surface area contributed by atoms with Gasteiger partial charge in [0.2, 0.25) is 0 Å². The van der Waals surface area contributed by atoms with Crippen molar-refractivity contribution in [1.29, 1.82) is 0 Å². The highest BCUT2D eigenvalue weighted by Crippen LogP contribution is 2.20. The second kappa shape index (κ2) is 12.8. The number of aromatic nitrogens is 2. The third kappa shape index (κ3) is 7.25. The highest BCUT2D eigenvalue weighted by Gasteiger charge is 2.21. The molecule has 0 bridgehead atoms. The lowest BCUT2D eigenvalue weighted by Crippen LogP contribution is -2.37. The van der Waals surface area contributed by atoms with Crippen LogP contribution >= 0.6 is 11.6 Å². The Kier molecular flexibility index (Phi) is 9.22. The topological polar surface area (TPSA) is 127 Å². The maximum Gasteiger partial charge on any atom is 0.276 e. The molecule has 1 fully saturated rings. The molecule has 0 atom stereocenters. The number of ketones is 1. The van der Waals surface area contributed by atoms with E-state index in [9.17, 15) is 23.9 Å². The Hall–Kier alpha value is -3.60. The number of aliphatic hydroxyl groups is 1. The Morgan fingerprint density at radius 2 is 1.84 bits per heavy atom. The number of likely N-dealkylation sites (tertiary alicyclic amines) is 1. The number of aliphatic hydroxyl groups excluding tert-OH is 1. The van der Waals surface area contributed by atoms with Crippen molar-refractivity contribution in [3.8, 4) is 0 Å². The monoisotopic (exact) mass is 541 g/mol. The van der Waals surface area contributed by atoms with Crippen molar-refractivity contribution in [2.45, 2.75) is 31.8 Å². The van der Waals surface area contributed by atoms with E-state index in [4.69, 9.17) is 11.6 Å². The number of imidazole rings is 1. The predicted molar refractivity (Wildman–Crippen MR) is 141 cm³/mol. The summed E-state index contributed by atoms with van der Waals surface area (Å²) in [4.78, 5) is 46.9. The van der Waals surface area contributed by atoms with Gasteiger partial charge in [0.25, 0.3) is 11.8 Å². The number of Topliss-reactive ketones (excluding diaryl/α,β-unsaturated/α-hetero) is 1. The van der Waals surface area contributed by atoms with Crippen LogP contribution in [0.15, 0.2) is 48.8 Å². The van der Waals surface area contributed by atoms with E-state index < -0.39 is 17.6 Å². The molecule has 1 saturated heterocycles. The summed E-state index contributed by atoms with van der Waals surface area (Å²) in [7, 11) is 0. The highest BCUT2D eigenvalue weighted by molar-refractivity contribution is 6.34. The number of aromatic amines is 1. The summed E-state index contributed by atoms with van der Waals surface area (Å²) < 4.78 is 13.2. The van der Waals surface area contributed by atoms with E-state index in [1.807, 2.05) is 0 Å². The SMILES string of the molecule is O=C(Cc1ccc(NC(=O)c2nc[nH]c2C(=O)NCCCN2CCC(O)CC2)cc1)c1ccc(F)cc1Cl. The van der Waals surface area contributed by atoms with Crippen LogP contribution < -0.4 is 10.6 Å². The molecule has 4 rings (SSSR count). The van der Waals surface area contributed by atoms with Crippen LogP contribution in [-0.2, 0) is 6.42 Å². The van der Waals surface area contributed by atoms with Crippen molar-refractivity contribution in [3.05, 3.63) is 82.1 Å². The molecule has 38 heavy (non-hydrogen) atoms. The number of nitrogens with zero attached hydrogens (tertiary/aromatic N) is 2. The molecular formula is C27H29ClFN5O4. The predicted octanol–water partition coefficient (Wildman–Crippen LogP) is 3.46. The number of benzene rings is 2. The molecule has 0 saturated carbocycles. The number of carbonyl (C=O) groups is 3. The van der Waals surface area contributed by atoms with E-state index in [0.717, 1.165) is 45.0 Å². The zero-order valence-electron chi connectivity index (χ0n) is 20.7. The Labute approximate surface area is 224 Å². The number of nitrogens with one attached hydrogen (secondary N) is 3. The van der Waals surface area contributed by atoms with Crippen LogP contribution in [0.3, 0.4) is 0 Å². The molecule has 0 aliphatic carbocycles. The molecule has 2 amide bonds. The van der Waals surface area contributed by atoms with Crippen molar-refractivity contribution >= 4 is 34.9 Å². The van der Waals surface area contributed by atoms with Crippen molar-refractivity contribution in [2.24, 2.45) is 0 Å². The van der Waals surface area contributed by atoms with Crippen LogP contribution in [0.1, 0.15) is 56.2 Å². The van der Waals surface area contributed by atoms with E-state index in [0.29, 0.717) is 17.8 Å². The first-order chi connectivity index (χ1) is 18.3. The molecule has 9 nitrogen and oxygen atoms in total. The molecule has 2 aromatic carbocycles. The fourth-order valence-corrected chi connectivity index (χ4v) is 4.54. The summed E-state index contributed by atoms with van der Waals surface area (Å²) in [6.45, 7) is 2.96. The molecule has 1 aromatic heterocycles. The van der Waals surface area contributed by atoms with Crippen LogP contribution in [-0.4, -0.2) is 69.9 Å². The molecule has 3 aromatic rings. The third-order valence-electron chi connectivity index (χ3n) is 6.38. The minimum absolute atomic E-state index is 0.0299. The lowest BCUT2D eigenvalue weighted by atomic mass is 10.0. The number of halogens is 2. The number of rotatable bonds is 10. The summed E-state index contributed by atoms with van der Waals surface area (Å²) in [6, 6.07) is 10.3. The highest BCUT2D eigenvalue weighted by atomic mass is 35.5. The first-order valence-electron chi connectivity index (χ1n) is 12.4. The molecule has 2 heterocycles. The van der Waals surface area contributed by atoms with E-state index in [1.54, 1.807) is 24.3 Å². The van der Waals surface area contributed by atoms with Gasteiger partial charge in [-0.2, -0.15) is 0 Å².